The molecule has 4 rings (SSSR count). The Hall–Kier alpha value is -0.770. The van der Waals surface area contributed by atoms with Crippen LogP contribution in [0.5, 0.6) is 5.75 Å². The van der Waals surface area contributed by atoms with Gasteiger partial charge in [0, 0.05) is 19.1 Å². The molecule has 0 radical (unpaired) electrons. The SMILES string of the molecule is Oc1ccc(CNC2CN3CCC2CC3)cc1Cl. The third-order valence-corrected chi connectivity index (χ3v) is 4.54. The first-order valence-corrected chi connectivity index (χ1v) is 7.03. The van der Waals surface area contributed by atoms with Crippen molar-refractivity contribution in [1.29, 1.82) is 0 Å². The molecule has 98 valence electrons. The van der Waals surface area contributed by atoms with Crippen LogP contribution in [0.3, 0.4) is 0 Å². The number of piperidine rings is 3. The summed E-state index contributed by atoms with van der Waals surface area (Å²) in [5, 5.41) is 13.5. The van der Waals surface area contributed by atoms with E-state index >= 15 is 0 Å². The van der Waals surface area contributed by atoms with Crippen LogP contribution in [0.1, 0.15) is 18.4 Å². The van der Waals surface area contributed by atoms with E-state index < -0.39 is 0 Å². The molecule has 3 fully saturated rings. The minimum absolute atomic E-state index is 0.156. The van der Waals surface area contributed by atoms with Crippen LogP contribution in [0.2, 0.25) is 5.02 Å². The average molecular weight is 267 g/mol. The summed E-state index contributed by atoms with van der Waals surface area (Å²) in [4.78, 5) is 2.54. The lowest BCUT2D eigenvalue weighted by Crippen LogP contribution is -2.55. The van der Waals surface area contributed by atoms with Crippen LogP contribution in [0.15, 0.2) is 18.2 Å². The van der Waals surface area contributed by atoms with Crippen LogP contribution in [0.4, 0.5) is 0 Å². The zero-order valence-corrected chi connectivity index (χ0v) is 11.2. The monoisotopic (exact) mass is 266 g/mol. The van der Waals surface area contributed by atoms with E-state index in [-0.39, 0.29) is 5.75 Å². The van der Waals surface area contributed by atoms with Gasteiger partial charge in [-0.25, -0.2) is 0 Å². The molecular formula is C14H19ClN2O. The largest absolute Gasteiger partial charge is 0.506 e. The molecule has 0 aromatic heterocycles. The predicted octanol–water partition coefficient (Wildman–Crippen LogP) is 2.23. The summed E-state index contributed by atoms with van der Waals surface area (Å²) in [6.45, 7) is 4.55. The number of halogens is 1. The van der Waals surface area contributed by atoms with Crippen molar-refractivity contribution in [2.45, 2.75) is 25.4 Å². The molecule has 2 N–H and O–H groups in total. The topological polar surface area (TPSA) is 35.5 Å². The number of nitrogens with zero attached hydrogens (tertiary/aromatic N) is 1. The van der Waals surface area contributed by atoms with Crippen molar-refractivity contribution in [3.05, 3.63) is 28.8 Å². The van der Waals surface area contributed by atoms with Crippen LogP contribution in [0, 0.1) is 5.92 Å². The Kier molecular flexibility index (Phi) is 3.46. The number of hydrogen-bond donors (Lipinski definition) is 2. The molecule has 0 spiro atoms. The first-order chi connectivity index (χ1) is 8.72. The molecule has 3 aliphatic heterocycles. The van der Waals surface area contributed by atoms with Gasteiger partial charge in [-0.15, -0.1) is 0 Å². The molecule has 3 aliphatic rings. The summed E-state index contributed by atoms with van der Waals surface area (Å²) in [6.07, 6.45) is 2.65. The second-order valence-electron chi connectivity index (χ2n) is 5.41. The molecule has 0 saturated carbocycles. The summed E-state index contributed by atoms with van der Waals surface area (Å²) < 4.78 is 0. The van der Waals surface area contributed by atoms with Crippen molar-refractivity contribution in [2.24, 2.45) is 5.92 Å². The highest BCUT2D eigenvalue weighted by Crippen LogP contribution is 2.28. The lowest BCUT2D eigenvalue weighted by Gasteiger charge is -2.45. The highest BCUT2D eigenvalue weighted by Gasteiger charge is 2.33. The smallest absolute Gasteiger partial charge is 0.134 e. The maximum atomic E-state index is 9.39. The van der Waals surface area contributed by atoms with Gasteiger partial charge in [-0.3, -0.25) is 0 Å². The Labute approximate surface area is 113 Å². The molecular weight excluding hydrogens is 248 g/mol. The van der Waals surface area contributed by atoms with Crippen molar-refractivity contribution in [3.8, 4) is 5.75 Å². The molecule has 18 heavy (non-hydrogen) atoms. The van der Waals surface area contributed by atoms with Gasteiger partial charge in [0.1, 0.15) is 5.75 Å². The normalized spacial score (nSPS) is 30.6. The fourth-order valence-corrected chi connectivity index (χ4v) is 3.31. The van der Waals surface area contributed by atoms with E-state index in [0.29, 0.717) is 11.1 Å². The van der Waals surface area contributed by atoms with Crippen LogP contribution in [-0.4, -0.2) is 35.7 Å². The van der Waals surface area contributed by atoms with Gasteiger partial charge in [-0.05, 0) is 49.5 Å². The van der Waals surface area contributed by atoms with E-state index in [1.54, 1.807) is 6.07 Å². The van der Waals surface area contributed by atoms with E-state index in [1.807, 2.05) is 12.1 Å². The molecule has 1 unspecified atom stereocenters. The lowest BCUT2D eigenvalue weighted by atomic mass is 9.84. The van der Waals surface area contributed by atoms with Gasteiger partial charge >= 0.3 is 0 Å². The number of benzene rings is 1. The second kappa shape index (κ2) is 5.08. The summed E-state index contributed by atoms with van der Waals surface area (Å²) in [5.41, 5.74) is 1.13. The molecule has 1 atom stereocenters. The van der Waals surface area contributed by atoms with E-state index in [0.717, 1.165) is 18.0 Å². The highest BCUT2D eigenvalue weighted by molar-refractivity contribution is 6.32. The van der Waals surface area contributed by atoms with Crippen molar-refractivity contribution < 1.29 is 5.11 Å². The van der Waals surface area contributed by atoms with Crippen LogP contribution >= 0.6 is 11.6 Å². The Bertz CT molecular complexity index is 430. The van der Waals surface area contributed by atoms with Crippen LogP contribution < -0.4 is 5.32 Å². The van der Waals surface area contributed by atoms with Gasteiger partial charge in [0.2, 0.25) is 0 Å². The number of phenolic OH excluding ortho intramolecular Hbond substituents is 1. The number of aromatic hydroxyl groups is 1. The van der Waals surface area contributed by atoms with Gasteiger partial charge in [0.15, 0.2) is 0 Å². The highest BCUT2D eigenvalue weighted by atomic mass is 35.5. The molecule has 2 bridgehead atoms. The van der Waals surface area contributed by atoms with Crippen molar-refractivity contribution in [3.63, 3.8) is 0 Å². The number of phenols is 1. The first kappa shape index (κ1) is 12.3. The van der Waals surface area contributed by atoms with E-state index in [9.17, 15) is 5.11 Å². The summed E-state index contributed by atoms with van der Waals surface area (Å²) in [5.74, 6) is 0.992. The Balaban J connectivity index is 1.59. The van der Waals surface area contributed by atoms with Gasteiger partial charge in [-0.2, -0.15) is 0 Å². The third kappa shape index (κ3) is 2.48. The number of hydrogen-bond acceptors (Lipinski definition) is 3. The molecule has 3 nitrogen and oxygen atoms in total. The van der Waals surface area contributed by atoms with E-state index in [2.05, 4.69) is 10.2 Å². The molecule has 1 aromatic rings. The minimum Gasteiger partial charge on any atom is -0.506 e. The van der Waals surface area contributed by atoms with E-state index in [1.165, 1.54) is 32.5 Å². The number of rotatable bonds is 3. The Morgan fingerprint density at radius 1 is 1.33 bits per heavy atom. The summed E-state index contributed by atoms with van der Waals surface area (Å²) in [6, 6.07) is 6.04. The quantitative estimate of drug-likeness (QED) is 0.881. The van der Waals surface area contributed by atoms with Crippen molar-refractivity contribution in [1.82, 2.24) is 10.2 Å². The molecule has 0 aliphatic carbocycles. The van der Waals surface area contributed by atoms with Gasteiger partial charge < -0.3 is 15.3 Å². The average Bonchev–Trinajstić information content (AvgIpc) is 2.41. The third-order valence-electron chi connectivity index (χ3n) is 4.24. The number of fused-ring (bicyclic) bond motifs is 3. The first-order valence-electron chi connectivity index (χ1n) is 6.65. The Morgan fingerprint density at radius 2 is 2.11 bits per heavy atom. The van der Waals surface area contributed by atoms with Crippen molar-refractivity contribution in [2.75, 3.05) is 19.6 Å². The minimum atomic E-state index is 0.156. The van der Waals surface area contributed by atoms with Crippen LogP contribution in [0.25, 0.3) is 0 Å². The predicted molar refractivity (Wildman–Crippen MR) is 72.9 cm³/mol. The summed E-state index contributed by atoms with van der Waals surface area (Å²) >= 11 is 5.91. The standard InChI is InChI=1S/C14H19ClN2O/c15-12-7-10(1-2-14(12)18)8-16-13-9-17-5-3-11(13)4-6-17/h1-2,7,11,13,16,18H,3-6,8-9H2. The molecule has 0 amide bonds. The van der Waals surface area contributed by atoms with Gasteiger partial charge in [0.05, 0.1) is 5.02 Å². The maximum absolute atomic E-state index is 9.39. The fourth-order valence-electron chi connectivity index (χ4n) is 3.11. The second-order valence-corrected chi connectivity index (χ2v) is 5.82. The molecule has 3 saturated heterocycles. The fraction of sp³-hybridized carbons (Fsp3) is 0.571. The lowest BCUT2D eigenvalue weighted by molar-refractivity contribution is 0.0720. The zero-order valence-electron chi connectivity index (χ0n) is 10.4. The molecule has 3 heterocycles. The van der Waals surface area contributed by atoms with Gasteiger partial charge in [-0.1, -0.05) is 17.7 Å². The zero-order chi connectivity index (χ0) is 12.5. The molecule has 1 aromatic carbocycles. The number of nitrogens with one attached hydrogen (secondary N) is 1. The summed E-state index contributed by atoms with van der Waals surface area (Å²) in [7, 11) is 0. The molecule has 4 heteroatoms. The van der Waals surface area contributed by atoms with Crippen LogP contribution in [-0.2, 0) is 6.54 Å². The van der Waals surface area contributed by atoms with Gasteiger partial charge in [0.25, 0.3) is 0 Å². The Morgan fingerprint density at radius 3 is 2.72 bits per heavy atom. The van der Waals surface area contributed by atoms with Crippen molar-refractivity contribution >= 4 is 11.6 Å². The van der Waals surface area contributed by atoms with E-state index in [4.69, 9.17) is 11.6 Å². The maximum Gasteiger partial charge on any atom is 0.134 e.